The first-order chi connectivity index (χ1) is 8.15. The summed E-state index contributed by atoms with van der Waals surface area (Å²) in [6, 6.07) is 7.49. The average molecular weight is 345 g/mol. The number of nitrogens with one attached hydrogen (secondary N) is 1. The molecule has 0 aromatic heterocycles. The Morgan fingerprint density at radius 2 is 2.12 bits per heavy atom. The first kappa shape index (κ1) is 12.8. The van der Waals surface area contributed by atoms with Crippen LogP contribution in [0.3, 0.4) is 0 Å². The molecule has 0 radical (unpaired) electrons. The minimum Gasteiger partial charge on any atom is -0.394 e. The highest BCUT2D eigenvalue weighted by atomic mass is 127. The predicted molar refractivity (Wildman–Crippen MR) is 74.9 cm³/mol. The zero-order valence-corrected chi connectivity index (χ0v) is 11.7. The minimum absolute atomic E-state index is 0.0304. The normalized spacial score (nSPS) is 18.0. The molecule has 92 valence electrons. The molecule has 0 aliphatic heterocycles. The van der Waals surface area contributed by atoms with E-state index < -0.39 is 5.54 Å². The summed E-state index contributed by atoms with van der Waals surface area (Å²) in [7, 11) is 0. The third-order valence-electron chi connectivity index (χ3n) is 3.33. The van der Waals surface area contributed by atoms with Gasteiger partial charge in [-0.1, -0.05) is 18.9 Å². The van der Waals surface area contributed by atoms with Gasteiger partial charge < -0.3 is 10.4 Å². The molecule has 1 fully saturated rings. The van der Waals surface area contributed by atoms with E-state index in [0.717, 1.165) is 29.3 Å². The molecule has 3 nitrogen and oxygen atoms in total. The summed E-state index contributed by atoms with van der Waals surface area (Å²) in [5.41, 5.74) is 0.273. The predicted octanol–water partition coefficient (Wildman–Crippen LogP) is 2.33. The fourth-order valence-electron chi connectivity index (χ4n) is 2.32. The lowest BCUT2D eigenvalue weighted by molar-refractivity contribution is 0.0838. The molecular formula is C13H16INO2. The largest absolute Gasteiger partial charge is 0.394 e. The van der Waals surface area contributed by atoms with Crippen LogP contribution in [0, 0.1) is 3.57 Å². The van der Waals surface area contributed by atoms with Crippen molar-refractivity contribution < 1.29 is 9.90 Å². The number of aliphatic hydroxyl groups excluding tert-OH is 1. The maximum Gasteiger partial charge on any atom is 0.251 e. The van der Waals surface area contributed by atoms with Crippen LogP contribution in [-0.4, -0.2) is 23.2 Å². The van der Waals surface area contributed by atoms with Crippen LogP contribution in [0.25, 0.3) is 0 Å². The Labute approximate surface area is 115 Å². The summed E-state index contributed by atoms with van der Waals surface area (Å²) >= 11 is 2.19. The molecule has 1 aliphatic rings. The van der Waals surface area contributed by atoms with Gasteiger partial charge in [0.15, 0.2) is 0 Å². The molecule has 0 unspecified atom stereocenters. The van der Waals surface area contributed by atoms with E-state index in [-0.39, 0.29) is 12.5 Å². The van der Waals surface area contributed by atoms with Crippen LogP contribution < -0.4 is 5.32 Å². The van der Waals surface area contributed by atoms with E-state index in [0.29, 0.717) is 5.56 Å². The van der Waals surface area contributed by atoms with Crippen molar-refractivity contribution in [3.05, 3.63) is 33.4 Å². The molecule has 2 rings (SSSR count). The van der Waals surface area contributed by atoms with E-state index >= 15 is 0 Å². The van der Waals surface area contributed by atoms with Crippen LogP contribution in [-0.2, 0) is 0 Å². The van der Waals surface area contributed by atoms with Crippen molar-refractivity contribution in [2.75, 3.05) is 6.61 Å². The number of halogens is 1. The zero-order valence-electron chi connectivity index (χ0n) is 9.58. The highest BCUT2D eigenvalue weighted by Gasteiger charge is 2.34. The zero-order chi connectivity index (χ0) is 12.3. The molecule has 4 heteroatoms. The second kappa shape index (κ2) is 5.35. The number of aliphatic hydroxyl groups is 1. The number of rotatable bonds is 3. The van der Waals surface area contributed by atoms with Gasteiger partial charge in [0.1, 0.15) is 0 Å². The molecule has 0 atom stereocenters. The van der Waals surface area contributed by atoms with Crippen molar-refractivity contribution in [2.45, 2.75) is 31.2 Å². The first-order valence-electron chi connectivity index (χ1n) is 5.84. The number of benzene rings is 1. The number of hydrogen-bond acceptors (Lipinski definition) is 2. The van der Waals surface area contributed by atoms with Gasteiger partial charge in [0.25, 0.3) is 5.91 Å². The Kier molecular flexibility index (Phi) is 4.04. The van der Waals surface area contributed by atoms with Gasteiger partial charge in [-0.25, -0.2) is 0 Å². The molecule has 1 amide bonds. The molecule has 1 saturated carbocycles. The Morgan fingerprint density at radius 1 is 1.41 bits per heavy atom. The molecule has 1 aromatic carbocycles. The van der Waals surface area contributed by atoms with Crippen LogP contribution in [0.4, 0.5) is 0 Å². The lowest BCUT2D eigenvalue weighted by Gasteiger charge is -2.28. The van der Waals surface area contributed by atoms with Crippen LogP contribution >= 0.6 is 22.6 Å². The maximum absolute atomic E-state index is 12.1. The van der Waals surface area contributed by atoms with E-state index in [9.17, 15) is 9.90 Å². The molecule has 17 heavy (non-hydrogen) atoms. The van der Waals surface area contributed by atoms with E-state index in [2.05, 4.69) is 27.9 Å². The van der Waals surface area contributed by atoms with Crippen LogP contribution in [0.15, 0.2) is 24.3 Å². The highest BCUT2D eigenvalue weighted by Crippen LogP contribution is 2.29. The van der Waals surface area contributed by atoms with Crippen LogP contribution in [0.5, 0.6) is 0 Å². The Balaban J connectivity index is 2.11. The second-order valence-corrected chi connectivity index (χ2v) is 5.86. The van der Waals surface area contributed by atoms with Gasteiger partial charge in [-0.05, 0) is 53.6 Å². The van der Waals surface area contributed by atoms with Gasteiger partial charge in [-0.3, -0.25) is 4.79 Å². The molecule has 0 heterocycles. The van der Waals surface area contributed by atoms with Crippen molar-refractivity contribution in [2.24, 2.45) is 0 Å². The third kappa shape index (κ3) is 2.98. The summed E-state index contributed by atoms with van der Waals surface area (Å²) in [6.45, 7) is 0.0304. The molecule has 0 spiro atoms. The Hall–Kier alpha value is -0.620. The summed E-state index contributed by atoms with van der Waals surface area (Å²) in [5.74, 6) is -0.0838. The third-order valence-corrected chi connectivity index (χ3v) is 4.00. The molecule has 0 saturated heterocycles. The molecule has 2 N–H and O–H groups in total. The molecule has 1 aromatic rings. The van der Waals surface area contributed by atoms with Crippen LogP contribution in [0.1, 0.15) is 36.0 Å². The number of carbonyl (C=O) groups excluding carboxylic acids is 1. The maximum atomic E-state index is 12.1. The van der Waals surface area contributed by atoms with Crippen molar-refractivity contribution in [1.29, 1.82) is 0 Å². The van der Waals surface area contributed by atoms with Crippen molar-refractivity contribution in [1.82, 2.24) is 5.32 Å². The van der Waals surface area contributed by atoms with Gasteiger partial charge in [-0.2, -0.15) is 0 Å². The van der Waals surface area contributed by atoms with E-state index in [1.165, 1.54) is 0 Å². The lowest BCUT2D eigenvalue weighted by atomic mass is 9.98. The quantitative estimate of drug-likeness (QED) is 0.827. The second-order valence-electron chi connectivity index (χ2n) is 4.61. The average Bonchev–Trinajstić information content (AvgIpc) is 2.78. The topological polar surface area (TPSA) is 49.3 Å². The van der Waals surface area contributed by atoms with Gasteiger partial charge in [0.05, 0.1) is 12.1 Å². The minimum atomic E-state index is -0.391. The molecule has 1 aliphatic carbocycles. The van der Waals surface area contributed by atoms with Gasteiger partial charge in [0, 0.05) is 9.13 Å². The molecular weight excluding hydrogens is 329 g/mol. The SMILES string of the molecule is O=C(NC1(CO)CCCC1)c1cccc(I)c1. The van der Waals surface area contributed by atoms with Crippen LogP contribution in [0.2, 0.25) is 0 Å². The smallest absolute Gasteiger partial charge is 0.251 e. The molecule has 0 bridgehead atoms. The highest BCUT2D eigenvalue weighted by molar-refractivity contribution is 14.1. The lowest BCUT2D eigenvalue weighted by Crippen LogP contribution is -2.49. The Bertz CT molecular complexity index is 414. The summed E-state index contributed by atoms with van der Waals surface area (Å²) in [5, 5.41) is 12.4. The monoisotopic (exact) mass is 345 g/mol. The summed E-state index contributed by atoms with van der Waals surface area (Å²) in [6.07, 6.45) is 3.90. The van der Waals surface area contributed by atoms with Gasteiger partial charge >= 0.3 is 0 Å². The van der Waals surface area contributed by atoms with Crippen molar-refractivity contribution >= 4 is 28.5 Å². The number of amides is 1. The Morgan fingerprint density at radius 3 is 2.71 bits per heavy atom. The summed E-state index contributed by atoms with van der Waals surface area (Å²) < 4.78 is 1.04. The first-order valence-corrected chi connectivity index (χ1v) is 6.92. The van der Waals surface area contributed by atoms with Crippen molar-refractivity contribution in [3.63, 3.8) is 0 Å². The fourth-order valence-corrected chi connectivity index (χ4v) is 2.86. The van der Waals surface area contributed by atoms with E-state index in [4.69, 9.17) is 0 Å². The summed E-state index contributed by atoms with van der Waals surface area (Å²) in [4.78, 5) is 12.1. The number of hydrogen-bond donors (Lipinski definition) is 2. The fraction of sp³-hybridized carbons (Fsp3) is 0.462. The van der Waals surface area contributed by atoms with E-state index in [1.54, 1.807) is 6.07 Å². The number of carbonyl (C=O) groups is 1. The standard InChI is InChI=1S/C13H16INO2/c14-11-5-3-4-10(8-11)12(17)15-13(9-16)6-1-2-7-13/h3-5,8,16H,1-2,6-7,9H2,(H,15,17). The van der Waals surface area contributed by atoms with Crippen molar-refractivity contribution in [3.8, 4) is 0 Å². The van der Waals surface area contributed by atoms with Gasteiger partial charge in [-0.15, -0.1) is 0 Å². The van der Waals surface area contributed by atoms with Gasteiger partial charge in [0.2, 0.25) is 0 Å². The van der Waals surface area contributed by atoms with E-state index in [1.807, 2.05) is 18.2 Å².